The van der Waals surface area contributed by atoms with E-state index in [1.165, 1.54) is 24.3 Å². The minimum Gasteiger partial charge on any atom is -0.508 e. The van der Waals surface area contributed by atoms with Gasteiger partial charge in [-0.1, -0.05) is 6.07 Å². The van der Waals surface area contributed by atoms with E-state index in [4.69, 9.17) is 14.2 Å². The van der Waals surface area contributed by atoms with Crippen LogP contribution in [0.1, 0.15) is 24.2 Å². The van der Waals surface area contributed by atoms with Crippen LogP contribution >= 0.6 is 0 Å². The van der Waals surface area contributed by atoms with Crippen LogP contribution in [0.15, 0.2) is 30.3 Å². The van der Waals surface area contributed by atoms with E-state index in [0.717, 1.165) is 0 Å². The molecule has 0 aliphatic carbocycles. The van der Waals surface area contributed by atoms with Crippen molar-refractivity contribution in [3.8, 4) is 28.7 Å². The Hall–Kier alpha value is -3.13. The van der Waals surface area contributed by atoms with Crippen LogP contribution < -0.4 is 9.47 Å². The zero-order chi connectivity index (χ0) is 19.6. The lowest BCUT2D eigenvalue weighted by Crippen LogP contribution is -2.30. The van der Waals surface area contributed by atoms with Gasteiger partial charge in [-0.3, -0.25) is 0 Å². The van der Waals surface area contributed by atoms with Gasteiger partial charge in [-0.2, -0.15) is 0 Å². The molecule has 8 heteroatoms. The monoisotopic (exact) mass is 376 g/mol. The third-order valence-electron chi connectivity index (χ3n) is 4.15. The maximum absolute atomic E-state index is 11.3. The van der Waals surface area contributed by atoms with Crippen molar-refractivity contribution in [3.63, 3.8) is 0 Å². The number of carbonyl (C=O) groups is 1. The highest BCUT2D eigenvalue weighted by atomic mass is 16.6. The van der Waals surface area contributed by atoms with Crippen LogP contribution in [-0.2, 0) is 16.0 Å². The number of rotatable bonds is 5. The highest BCUT2D eigenvalue weighted by Crippen LogP contribution is 2.42. The molecule has 2 aromatic rings. The molecule has 8 nitrogen and oxygen atoms in total. The minimum absolute atomic E-state index is 0.0905. The van der Waals surface area contributed by atoms with Crippen LogP contribution in [0.2, 0.25) is 0 Å². The fraction of sp³-hybridized carbons (Fsp3) is 0.316. The number of benzene rings is 2. The van der Waals surface area contributed by atoms with Crippen molar-refractivity contribution in [2.45, 2.75) is 25.6 Å². The summed E-state index contributed by atoms with van der Waals surface area (Å²) in [5.41, 5.74) is 0.868. The molecule has 4 N–H and O–H groups in total. The second-order valence-electron chi connectivity index (χ2n) is 6.07. The van der Waals surface area contributed by atoms with E-state index in [1.54, 1.807) is 13.0 Å². The Labute approximate surface area is 155 Å². The molecule has 0 spiro atoms. The summed E-state index contributed by atoms with van der Waals surface area (Å²) < 4.78 is 15.7. The molecule has 144 valence electrons. The molecule has 1 heterocycles. The minimum atomic E-state index is -0.973. The fourth-order valence-electron chi connectivity index (χ4n) is 2.92. The molecule has 1 aliphatic rings. The molecule has 0 aromatic heterocycles. The molecule has 0 saturated carbocycles. The van der Waals surface area contributed by atoms with Gasteiger partial charge in [0.05, 0.1) is 12.7 Å². The summed E-state index contributed by atoms with van der Waals surface area (Å²) in [6.45, 7) is 1.57. The summed E-state index contributed by atoms with van der Waals surface area (Å²) in [6, 6.07) is 6.93. The number of ether oxygens (including phenoxy) is 3. The van der Waals surface area contributed by atoms with Crippen LogP contribution in [0.4, 0.5) is 0 Å². The molecule has 0 amide bonds. The van der Waals surface area contributed by atoms with Crippen molar-refractivity contribution in [1.29, 1.82) is 0 Å². The second kappa shape index (κ2) is 7.63. The van der Waals surface area contributed by atoms with Gasteiger partial charge in [0.1, 0.15) is 23.4 Å². The first-order valence-electron chi connectivity index (χ1n) is 8.40. The summed E-state index contributed by atoms with van der Waals surface area (Å²) >= 11 is 0. The number of fused-ring (bicyclic) bond motifs is 1. The lowest BCUT2D eigenvalue weighted by molar-refractivity contribution is -0.145. The van der Waals surface area contributed by atoms with Crippen molar-refractivity contribution < 1.29 is 39.4 Å². The number of phenolic OH excluding ortho intramolecular Hbond substituents is 3. The van der Waals surface area contributed by atoms with Crippen LogP contribution in [0.3, 0.4) is 0 Å². The van der Waals surface area contributed by atoms with Crippen molar-refractivity contribution in [3.05, 3.63) is 41.5 Å². The molecule has 2 unspecified atom stereocenters. The fourth-order valence-corrected chi connectivity index (χ4v) is 2.92. The number of phenols is 3. The molecule has 3 rings (SSSR count). The first-order valence-corrected chi connectivity index (χ1v) is 8.40. The average molecular weight is 376 g/mol. The Balaban J connectivity index is 1.78. The molecule has 0 bridgehead atoms. The van der Waals surface area contributed by atoms with Crippen molar-refractivity contribution in [2.75, 3.05) is 13.2 Å². The first kappa shape index (κ1) is 18.7. The molecule has 1 aliphatic heterocycles. The first-order chi connectivity index (χ1) is 12.9. The smallest absolute Gasteiger partial charge is 0.344 e. The van der Waals surface area contributed by atoms with E-state index < -0.39 is 18.2 Å². The summed E-state index contributed by atoms with van der Waals surface area (Å²) in [7, 11) is 0. The normalized spacial score (nSPS) is 18.3. The van der Waals surface area contributed by atoms with Crippen molar-refractivity contribution in [1.82, 2.24) is 0 Å². The molecule has 2 atom stereocenters. The van der Waals surface area contributed by atoms with Crippen LogP contribution in [0, 0.1) is 0 Å². The summed E-state index contributed by atoms with van der Waals surface area (Å²) in [5, 5.41) is 40.0. The third kappa shape index (κ3) is 4.01. The van der Waals surface area contributed by atoms with E-state index in [2.05, 4.69) is 0 Å². The molecular weight excluding hydrogens is 356 g/mol. The molecule has 27 heavy (non-hydrogen) atoms. The van der Waals surface area contributed by atoms with E-state index in [-0.39, 0.29) is 48.4 Å². The number of aliphatic hydroxyl groups is 1. The molecular formula is C19H20O8. The number of aliphatic hydroxyl groups excluding tert-OH is 1. The average Bonchev–Trinajstić information content (AvgIpc) is 2.61. The molecule has 0 fully saturated rings. The SMILES string of the molecule is CCOC(=O)COc1ccc(C2Oc3cc(O)cc(O)c3CC2O)cc1O. The Morgan fingerprint density at radius 3 is 2.67 bits per heavy atom. The number of esters is 1. The van der Waals surface area contributed by atoms with E-state index >= 15 is 0 Å². The van der Waals surface area contributed by atoms with Gasteiger partial charge in [-0.15, -0.1) is 0 Å². The highest BCUT2D eigenvalue weighted by Gasteiger charge is 2.32. The molecule has 0 saturated heterocycles. The van der Waals surface area contributed by atoms with Gasteiger partial charge in [-0.05, 0) is 24.6 Å². The summed E-state index contributed by atoms with van der Waals surface area (Å²) in [4.78, 5) is 11.3. The van der Waals surface area contributed by atoms with E-state index in [9.17, 15) is 25.2 Å². The third-order valence-corrected chi connectivity index (χ3v) is 4.15. The Bertz CT molecular complexity index is 848. The van der Waals surface area contributed by atoms with Gasteiger partial charge in [0, 0.05) is 24.1 Å². The quantitative estimate of drug-likeness (QED) is 0.582. The Morgan fingerprint density at radius 2 is 1.96 bits per heavy atom. The van der Waals surface area contributed by atoms with Gasteiger partial charge in [0.15, 0.2) is 18.1 Å². The van der Waals surface area contributed by atoms with Crippen LogP contribution in [-0.4, -0.2) is 45.7 Å². The standard InChI is InChI=1S/C19H20O8/c1-2-25-18(24)9-26-16-4-3-10(5-14(16)22)19-15(23)8-12-13(21)6-11(20)7-17(12)27-19/h3-7,15,19-23H,2,8-9H2,1H3. The van der Waals surface area contributed by atoms with Crippen molar-refractivity contribution >= 4 is 5.97 Å². The summed E-state index contributed by atoms with van der Waals surface area (Å²) in [5.74, 6) is -0.752. The predicted molar refractivity (Wildman–Crippen MR) is 93.1 cm³/mol. The largest absolute Gasteiger partial charge is 0.508 e. The predicted octanol–water partition coefficient (Wildman–Crippen LogP) is 1.78. The zero-order valence-electron chi connectivity index (χ0n) is 14.6. The topological polar surface area (TPSA) is 126 Å². The number of aromatic hydroxyl groups is 3. The molecule has 2 aromatic carbocycles. The van der Waals surface area contributed by atoms with Gasteiger partial charge in [-0.25, -0.2) is 4.79 Å². The number of hydrogen-bond acceptors (Lipinski definition) is 8. The van der Waals surface area contributed by atoms with Crippen LogP contribution in [0.25, 0.3) is 0 Å². The number of hydrogen-bond donors (Lipinski definition) is 4. The van der Waals surface area contributed by atoms with E-state index in [1.807, 2.05) is 0 Å². The maximum Gasteiger partial charge on any atom is 0.344 e. The van der Waals surface area contributed by atoms with Gasteiger partial charge in [0.2, 0.25) is 0 Å². The van der Waals surface area contributed by atoms with Crippen LogP contribution in [0.5, 0.6) is 28.7 Å². The highest BCUT2D eigenvalue weighted by molar-refractivity contribution is 5.71. The van der Waals surface area contributed by atoms with E-state index in [0.29, 0.717) is 11.1 Å². The van der Waals surface area contributed by atoms with Gasteiger partial charge < -0.3 is 34.6 Å². The van der Waals surface area contributed by atoms with Gasteiger partial charge >= 0.3 is 5.97 Å². The van der Waals surface area contributed by atoms with Crippen molar-refractivity contribution in [2.24, 2.45) is 0 Å². The lowest BCUT2D eigenvalue weighted by atomic mass is 9.94. The Kier molecular flexibility index (Phi) is 5.27. The maximum atomic E-state index is 11.3. The van der Waals surface area contributed by atoms with Gasteiger partial charge in [0.25, 0.3) is 0 Å². The second-order valence-corrected chi connectivity index (χ2v) is 6.07. The number of carbonyl (C=O) groups excluding carboxylic acids is 1. The summed E-state index contributed by atoms with van der Waals surface area (Å²) in [6.07, 6.45) is -1.67. The zero-order valence-corrected chi connectivity index (χ0v) is 14.6. The Morgan fingerprint density at radius 1 is 1.19 bits per heavy atom. The molecule has 0 radical (unpaired) electrons. The lowest BCUT2D eigenvalue weighted by Gasteiger charge is -2.31.